The van der Waals surface area contributed by atoms with Crippen LogP contribution in [0.15, 0.2) is 17.0 Å². The second-order valence-corrected chi connectivity index (χ2v) is 7.51. The number of non-ortho nitro benzene ring substituents is 1. The molecular weight excluding hydrogens is 318 g/mol. The monoisotopic (exact) mass is 343 g/mol. The van der Waals surface area contributed by atoms with Crippen LogP contribution in [0.25, 0.3) is 0 Å². The van der Waals surface area contributed by atoms with Crippen molar-refractivity contribution in [1.29, 1.82) is 0 Å². The molecule has 0 saturated heterocycles. The molecule has 0 aliphatic rings. The molecule has 1 rings (SSSR count). The topological polar surface area (TPSA) is 92.6 Å². The Kier molecular flexibility index (Phi) is 6.67. The third kappa shape index (κ3) is 4.98. The predicted molar refractivity (Wildman–Crippen MR) is 90.1 cm³/mol. The van der Waals surface area contributed by atoms with Crippen LogP contribution in [-0.4, -0.2) is 44.4 Å². The van der Waals surface area contributed by atoms with Crippen LogP contribution in [-0.2, 0) is 10.0 Å². The van der Waals surface area contributed by atoms with Gasteiger partial charge in [0.1, 0.15) is 0 Å². The minimum Gasteiger partial charge on any atom is -0.302 e. The Balaban J connectivity index is 2.94. The Morgan fingerprint density at radius 3 is 2.48 bits per heavy atom. The molecule has 1 unspecified atom stereocenters. The van der Waals surface area contributed by atoms with Crippen LogP contribution in [0.2, 0.25) is 0 Å². The van der Waals surface area contributed by atoms with Gasteiger partial charge in [-0.1, -0.05) is 6.92 Å². The number of hydrogen-bond acceptors (Lipinski definition) is 5. The molecule has 0 heterocycles. The molecule has 1 aromatic rings. The first kappa shape index (κ1) is 19.5. The summed E-state index contributed by atoms with van der Waals surface area (Å²) in [4.78, 5) is 12.4. The quantitative estimate of drug-likeness (QED) is 0.577. The molecule has 7 nitrogen and oxygen atoms in total. The maximum absolute atomic E-state index is 12.4. The van der Waals surface area contributed by atoms with Crippen LogP contribution >= 0.6 is 0 Å². The number of sulfonamides is 1. The number of nitro groups is 1. The largest absolute Gasteiger partial charge is 0.302 e. The summed E-state index contributed by atoms with van der Waals surface area (Å²) in [5.41, 5.74) is 0.889. The molecule has 1 N–H and O–H groups in total. The van der Waals surface area contributed by atoms with Gasteiger partial charge in [-0.05, 0) is 45.4 Å². The highest BCUT2D eigenvalue weighted by molar-refractivity contribution is 7.89. The average Bonchev–Trinajstić information content (AvgIpc) is 2.48. The number of aryl methyl sites for hydroxylation is 1. The van der Waals surface area contributed by atoms with E-state index in [0.717, 1.165) is 12.5 Å². The van der Waals surface area contributed by atoms with Crippen molar-refractivity contribution in [3.63, 3.8) is 0 Å². The summed E-state index contributed by atoms with van der Waals surface area (Å²) in [5.74, 6) is 0. The summed E-state index contributed by atoms with van der Waals surface area (Å²) in [5, 5.41) is 10.9. The second-order valence-electron chi connectivity index (χ2n) is 5.78. The molecule has 0 aliphatic heterocycles. The van der Waals surface area contributed by atoms with E-state index in [1.807, 2.05) is 7.05 Å². The molecule has 0 aromatic heterocycles. The molecule has 1 atom stereocenters. The van der Waals surface area contributed by atoms with Crippen molar-refractivity contribution in [1.82, 2.24) is 9.62 Å². The summed E-state index contributed by atoms with van der Waals surface area (Å²) < 4.78 is 27.4. The molecule has 1 aromatic carbocycles. The maximum atomic E-state index is 12.4. The van der Waals surface area contributed by atoms with Crippen molar-refractivity contribution >= 4 is 15.7 Å². The lowest BCUT2D eigenvalue weighted by Crippen LogP contribution is -2.37. The fourth-order valence-corrected chi connectivity index (χ4v) is 3.51. The normalized spacial score (nSPS) is 13.3. The van der Waals surface area contributed by atoms with E-state index in [2.05, 4.69) is 23.5 Å². The fraction of sp³-hybridized carbons (Fsp3) is 0.600. The van der Waals surface area contributed by atoms with Gasteiger partial charge in [-0.3, -0.25) is 10.1 Å². The van der Waals surface area contributed by atoms with Gasteiger partial charge in [-0.25, -0.2) is 13.1 Å². The standard InChI is InChI=1S/C15H25N3O4S/c1-6-12(3)17(5)8-7-16-23(21,22)15-10-14(18(19)20)9-11(2)13(15)4/h9-10,12,16H,6-8H2,1-5H3. The van der Waals surface area contributed by atoms with Crippen LogP contribution in [0.4, 0.5) is 5.69 Å². The van der Waals surface area contributed by atoms with E-state index in [4.69, 9.17) is 0 Å². The van der Waals surface area contributed by atoms with Gasteiger partial charge in [-0.2, -0.15) is 0 Å². The van der Waals surface area contributed by atoms with E-state index in [9.17, 15) is 18.5 Å². The summed E-state index contributed by atoms with van der Waals surface area (Å²) in [6.45, 7) is 8.28. The van der Waals surface area contributed by atoms with Gasteiger partial charge >= 0.3 is 0 Å². The fourth-order valence-electron chi connectivity index (χ4n) is 2.16. The number of nitrogens with one attached hydrogen (secondary N) is 1. The predicted octanol–water partition coefficient (Wildman–Crippen LogP) is 2.22. The molecule has 8 heteroatoms. The zero-order valence-electron chi connectivity index (χ0n) is 14.3. The van der Waals surface area contributed by atoms with Gasteiger partial charge in [-0.15, -0.1) is 0 Å². The number of rotatable bonds is 8. The maximum Gasteiger partial charge on any atom is 0.271 e. The van der Waals surface area contributed by atoms with E-state index in [0.29, 0.717) is 23.7 Å². The van der Waals surface area contributed by atoms with Crippen LogP contribution in [0, 0.1) is 24.0 Å². The molecular formula is C15H25N3O4S. The van der Waals surface area contributed by atoms with Crippen LogP contribution in [0.3, 0.4) is 0 Å². The Morgan fingerprint density at radius 1 is 1.35 bits per heavy atom. The number of nitrogens with zero attached hydrogens (tertiary/aromatic N) is 2. The van der Waals surface area contributed by atoms with Crippen LogP contribution in [0.5, 0.6) is 0 Å². The Hall–Kier alpha value is -1.51. The Bertz CT molecular complexity index is 674. The number of benzene rings is 1. The zero-order chi connectivity index (χ0) is 17.8. The summed E-state index contributed by atoms with van der Waals surface area (Å²) in [6.07, 6.45) is 0.979. The highest BCUT2D eigenvalue weighted by atomic mass is 32.2. The molecule has 130 valence electrons. The summed E-state index contributed by atoms with van der Waals surface area (Å²) in [7, 11) is -1.84. The Labute approximate surface area is 137 Å². The molecule has 23 heavy (non-hydrogen) atoms. The van der Waals surface area contributed by atoms with Crippen molar-refractivity contribution in [2.45, 2.75) is 45.1 Å². The molecule has 0 amide bonds. The van der Waals surface area contributed by atoms with Gasteiger partial charge in [0.25, 0.3) is 5.69 Å². The van der Waals surface area contributed by atoms with Crippen molar-refractivity contribution in [3.8, 4) is 0 Å². The van der Waals surface area contributed by atoms with Crippen LogP contribution < -0.4 is 4.72 Å². The molecule has 0 saturated carbocycles. The lowest BCUT2D eigenvalue weighted by molar-refractivity contribution is -0.385. The molecule has 0 bridgehead atoms. The third-order valence-corrected chi connectivity index (χ3v) is 5.79. The molecule has 0 spiro atoms. The van der Waals surface area contributed by atoms with E-state index >= 15 is 0 Å². The van der Waals surface area contributed by atoms with Gasteiger partial charge < -0.3 is 4.90 Å². The lowest BCUT2D eigenvalue weighted by Gasteiger charge is -2.23. The van der Waals surface area contributed by atoms with Gasteiger partial charge in [0.15, 0.2) is 0 Å². The van der Waals surface area contributed by atoms with Gasteiger partial charge in [0.05, 0.1) is 9.82 Å². The first-order chi connectivity index (χ1) is 10.6. The van der Waals surface area contributed by atoms with Crippen molar-refractivity contribution in [3.05, 3.63) is 33.4 Å². The first-order valence-corrected chi connectivity index (χ1v) is 9.04. The first-order valence-electron chi connectivity index (χ1n) is 7.55. The zero-order valence-corrected chi connectivity index (χ0v) is 15.1. The highest BCUT2D eigenvalue weighted by Crippen LogP contribution is 2.25. The Morgan fingerprint density at radius 2 is 1.96 bits per heavy atom. The van der Waals surface area contributed by atoms with E-state index < -0.39 is 14.9 Å². The molecule has 0 fully saturated rings. The smallest absolute Gasteiger partial charge is 0.271 e. The van der Waals surface area contributed by atoms with E-state index in [1.165, 1.54) is 6.07 Å². The number of nitro benzene ring substituents is 1. The average molecular weight is 343 g/mol. The SMILES string of the molecule is CCC(C)N(C)CCNS(=O)(=O)c1cc([N+](=O)[O-])cc(C)c1C. The van der Waals surface area contributed by atoms with Crippen molar-refractivity contribution in [2.75, 3.05) is 20.1 Å². The van der Waals surface area contributed by atoms with Crippen LogP contribution in [0.1, 0.15) is 31.4 Å². The number of hydrogen-bond donors (Lipinski definition) is 1. The van der Waals surface area contributed by atoms with Crippen molar-refractivity contribution < 1.29 is 13.3 Å². The van der Waals surface area contributed by atoms with Gasteiger partial charge in [0.2, 0.25) is 10.0 Å². The molecule has 0 radical (unpaired) electrons. The molecule has 0 aliphatic carbocycles. The lowest BCUT2D eigenvalue weighted by atomic mass is 10.1. The minimum absolute atomic E-state index is 0.0320. The minimum atomic E-state index is -3.78. The summed E-state index contributed by atoms with van der Waals surface area (Å²) >= 11 is 0. The summed E-state index contributed by atoms with van der Waals surface area (Å²) in [6, 6.07) is 2.86. The van der Waals surface area contributed by atoms with E-state index in [1.54, 1.807) is 13.8 Å². The van der Waals surface area contributed by atoms with Gasteiger partial charge in [0, 0.05) is 31.3 Å². The highest BCUT2D eigenvalue weighted by Gasteiger charge is 2.22. The van der Waals surface area contributed by atoms with E-state index in [-0.39, 0.29) is 17.1 Å². The second kappa shape index (κ2) is 7.85. The van der Waals surface area contributed by atoms with Crippen molar-refractivity contribution in [2.24, 2.45) is 0 Å². The third-order valence-electron chi connectivity index (χ3n) is 4.20. The number of likely N-dealkylation sites (N-methyl/N-ethyl adjacent to an activating group) is 1.